The SMILES string of the molecule is CCNC(=NCC(C)(C)C(N)=O)NC1CC(OCC)C1(CC)CC. The molecule has 6 heteroatoms. The molecule has 0 radical (unpaired) electrons. The van der Waals surface area contributed by atoms with E-state index in [1.54, 1.807) is 0 Å². The van der Waals surface area contributed by atoms with Crippen molar-refractivity contribution >= 4 is 11.9 Å². The summed E-state index contributed by atoms with van der Waals surface area (Å²) in [4.78, 5) is 16.1. The van der Waals surface area contributed by atoms with Crippen molar-refractivity contribution in [1.29, 1.82) is 0 Å². The Bertz CT molecular complexity index is 444. The van der Waals surface area contributed by atoms with E-state index in [0.717, 1.165) is 38.4 Å². The molecule has 4 N–H and O–H groups in total. The molecule has 1 aliphatic carbocycles. The third kappa shape index (κ3) is 4.41. The van der Waals surface area contributed by atoms with Crippen LogP contribution in [-0.2, 0) is 9.53 Å². The van der Waals surface area contributed by atoms with Crippen LogP contribution in [0.1, 0.15) is 60.8 Å². The molecule has 2 unspecified atom stereocenters. The average Bonchev–Trinajstić information content (AvgIpc) is 2.52. The van der Waals surface area contributed by atoms with Gasteiger partial charge in [-0.1, -0.05) is 13.8 Å². The van der Waals surface area contributed by atoms with Crippen molar-refractivity contribution in [2.24, 2.45) is 21.6 Å². The molecule has 0 aromatic heterocycles. The van der Waals surface area contributed by atoms with Gasteiger partial charge in [0.1, 0.15) is 0 Å². The van der Waals surface area contributed by atoms with Crippen LogP contribution in [0.2, 0.25) is 0 Å². The molecule has 0 aromatic rings. The Morgan fingerprint density at radius 2 is 1.92 bits per heavy atom. The second-order valence-corrected chi connectivity index (χ2v) is 7.26. The van der Waals surface area contributed by atoms with Crippen LogP contribution in [0.3, 0.4) is 0 Å². The highest BCUT2D eigenvalue weighted by molar-refractivity contribution is 5.83. The van der Waals surface area contributed by atoms with Crippen molar-refractivity contribution in [2.75, 3.05) is 19.7 Å². The fourth-order valence-electron chi connectivity index (χ4n) is 3.42. The van der Waals surface area contributed by atoms with Gasteiger partial charge in [-0.25, -0.2) is 0 Å². The van der Waals surface area contributed by atoms with E-state index in [1.807, 2.05) is 27.7 Å². The topological polar surface area (TPSA) is 88.7 Å². The number of aliphatic imine (C=N–C) groups is 1. The van der Waals surface area contributed by atoms with Crippen LogP contribution < -0.4 is 16.4 Å². The first-order valence-corrected chi connectivity index (χ1v) is 9.23. The minimum Gasteiger partial charge on any atom is -0.378 e. The maximum absolute atomic E-state index is 11.5. The van der Waals surface area contributed by atoms with Gasteiger partial charge in [0.2, 0.25) is 5.91 Å². The van der Waals surface area contributed by atoms with Gasteiger partial charge >= 0.3 is 0 Å². The van der Waals surface area contributed by atoms with Gasteiger partial charge in [0.15, 0.2) is 5.96 Å². The highest BCUT2D eigenvalue weighted by Gasteiger charge is 2.53. The Morgan fingerprint density at radius 1 is 1.29 bits per heavy atom. The number of carbonyl (C=O) groups is 1. The first kappa shape index (κ1) is 20.7. The Labute approximate surface area is 147 Å². The van der Waals surface area contributed by atoms with Crippen LogP contribution in [0.5, 0.6) is 0 Å². The molecule has 1 rings (SSSR count). The molecule has 140 valence electrons. The quantitative estimate of drug-likeness (QED) is 0.443. The number of guanidine groups is 1. The number of nitrogens with two attached hydrogens (primary N) is 1. The van der Waals surface area contributed by atoms with E-state index in [9.17, 15) is 4.79 Å². The minimum absolute atomic E-state index is 0.144. The van der Waals surface area contributed by atoms with Gasteiger partial charge in [0.05, 0.1) is 18.1 Å². The summed E-state index contributed by atoms with van der Waals surface area (Å²) in [6, 6.07) is 0.332. The number of ether oxygens (including phenoxy) is 1. The average molecular weight is 341 g/mol. The molecule has 1 saturated carbocycles. The first-order valence-electron chi connectivity index (χ1n) is 9.23. The number of nitrogens with one attached hydrogen (secondary N) is 2. The number of hydrogen-bond donors (Lipinski definition) is 3. The van der Waals surface area contributed by atoms with Crippen molar-refractivity contribution in [3.63, 3.8) is 0 Å². The number of primary amides is 1. The molecular formula is C18H36N4O2. The van der Waals surface area contributed by atoms with E-state index in [4.69, 9.17) is 10.5 Å². The zero-order valence-electron chi connectivity index (χ0n) is 16.2. The predicted molar refractivity (Wildman–Crippen MR) is 98.9 cm³/mol. The minimum atomic E-state index is -0.650. The van der Waals surface area contributed by atoms with Crippen molar-refractivity contribution < 1.29 is 9.53 Å². The molecule has 0 saturated heterocycles. The van der Waals surface area contributed by atoms with Crippen molar-refractivity contribution in [2.45, 2.75) is 73.0 Å². The lowest BCUT2D eigenvalue weighted by Gasteiger charge is -2.55. The third-order valence-corrected chi connectivity index (χ3v) is 5.42. The summed E-state index contributed by atoms with van der Waals surface area (Å²) in [5.41, 5.74) is 4.94. The van der Waals surface area contributed by atoms with E-state index in [1.165, 1.54) is 0 Å². The Morgan fingerprint density at radius 3 is 2.38 bits per heavy atom. The smallest absolute Gasteiger partial charge is 0.224 e. The van der Waals surface area contributed by atoms with Crippen molar-refractivity contribution in [1.82, 2.24) is 10.6 Å². The van der Waals surface area contributed by atoms with Crippen LogP contribution >= 0.6 is 0 Å². The lowest BCUT2D eigenvalue weighted by atomic mass is 9.58. The molecule has 0 heterocycles. The Hall–Kier alpha value is -1.30. The Balaban J connectivity index is 2.83. The van der Waals surface area contributed by atoms with Gasteiger partial charge in [0.25, 0.3) is 0 Å². The second kappa shape index (κ2) is 8.70. The van der Waals surface area contributed by atoms with E-state index in [-0.39, 0.29) is 11.3 Å². The standard InChI is InChI=1S/C18H36N4O2/c1-7-18(8-2)13(11-14(18)24-10-4)22-16(20-9-3)21-12-17(5,6)15(19)23/h13-14H,7-12H2,1-6H3,(H2,19,23)(H2,20,21,22). The molecule has 0 aromatic carbocycles. The van der Waals surface area contributed by atoms with Gasteiger partial charge in [-0.3, -0.25) is 9.79 Å². The van der Waals surface area contributed by atoms with Crippen LogP contribution in [0, 0.1) is 10.8 Å². The van der Waals surface area contributed by atoms with Gasteiger partial charge in [-0.2, -0.15) is 0 Å². The largest absolute Gasteiger partial charge is 0.378 e. The zero-order chi connectivity index (χ0) is 18.4. The Kier molecular flexibility index (Phi) is 7.52. The van der Waals surface area contributed by atoms with E-state index in [0.29, 0.717) is 18.7 Å². The number of hydrogen-bond acceptors (Lipinski definition) is 3. The van der Waals surface area contributed by atoms with Gasteiger partial charge < -0.3 is 21.1 Å². The lowest BCUT2D eigenvalue weighted by molar-refractivity contribution is -0.133. The van der Waals surface area contributed by atoms with Crippen LogP contribution in [0.15, 0.2) is 4.99 Å². The summed E-state index contributed by atoms with van der Waals surface area (Å²) >= 11 is 0. The number of carbonyl (C=O) groups excluding carboxylic acids is 1. The van der Waals surface area contributed by atoms with Gasteiger partial charge in [-0.05, 0) is 47.0 Å². The molecule has 1 amide bonds. The molecular weight excluding hydrogens is 304 g/mol. The van der Waals surface area contributed by atoms with E-state index in [2.05, 4.69) is 29.5 Å². The number of amides is 1. The maximum atomic E-state index is 11.5. The molecule has 24 heavy (non-hydrogen) atoms. The summed E-state index contributed by atoms with van der Waals surface area (Å²) in [6.45, 7) is 14.1. The van der Waals surface area contributed by atoms with E-state index < -0.39 is 5.41 Å². The molecule has 6 nitrogen and oxygen atoms in total. The predicted octanol–water partition coefficient (Wildman–Crippen LogP) is 2.04. The van der Waals surface area contributed by atoms with Crippen molar-refractivity contribution in [3.05, 3.63) is 0 Å². The third-order valence-electron chi connectivity index (χ3n) is 5.42. The normalized spacial score (nSPS) is 23.5. The summed E-state index contributed by atoms with van der Waals surface area (Å²) in [7, 11) is 0. The summed E-state index contributed by atoms with van der Waals surface area (Å²) < 4.78 is 5.93. The number of nitrogens with zero attached hydrogens (tertiary/aromatic N) is 1. The van der Waals surface area contributed by atoms with Gasteiger partial charge in [0, 0.05) is 24.6 Å². The van der Waals surface area contributed by atoms with Gasteiger partial charge in [-0.15, -0.1) is 0 Å². The maximum Gasteiger partial charge on any atom is 0.224 e. The van der Waals surface area contributed by atoms with Crippen LogP contribution in [0.25, 0.3) is 0 Å². The molecule has 1 aliphatic rings. The molecule has 2 atom stereocenters. The van der Waals surface area contributed by atoms with Crippen LogP contribution in [-0.4, -0.2) is 43.7 Å². The first-order chi connectivity index (χ1) is 11.3. The lowest BCUT2D eigenvalue weighted by Crippen LogP contribution is -2.65. The highest BCUT2D eigenvalue weighted by atomic mass is 16.5. The fourth-order valence-corrected chi connectivity index (χ4v) is 3.42. The summed E-state index contributed by atoms with van der Waals surface area (Å²) in [6.07, 6.45) is 3.43. The zero-order valence-corrected chi connectivity index (χ0v) is 16.2. The second-order valence-electron chi connectivity index (χ2n) is 7.26. The molecule has 0 spiro atoms. The van der Waals surface area contributed by atoms with E-state index >= 15 is 0 Å². The monoisotopic (exact) mass is 340 g/mol. The molecule has 1 fully saturated rings. The molecule has 0 bridgehead atoms. The van der Waals surface area contributed by atoms with Crippen molar-refractivity contribution in [3.8, 4) is 0 Å². The summed E-state index contributed by atoms with van der Waals surface area (Å²) in [5, 5.41) is 6.83. The number of rotatable bonds is 9. The fraction of sp³-hybridized carbons (Fsp3) is 0.889. The molecule has 0 aliphatic heterocycles. The highest BCUT2D eigenvalue weighted by Crippen LogP contribution is 2.48. The summed E-state index contributed by atoms with van der Waals surface area (Å²) in [5.74, 6) is 0.414. The van der Waals surface area contributed by atoms with Crippen LogP contribution in [0.4, 0.5) is 0 Å².